The van der Waals surface area contributed by atoms with Gasteiger partial charge < -0.3 is 11.1 Å². The van der Waals surface area contributed by atoms with Crippen LogP contribution in [0.1, 0.15) is 16.5 Å². The summed E-state index contributed by atoms with van der Waals surface area (Å²) in [5.74, 6) is -0.243. The van der Waals surface area contributed by atoms with E-state index in [1.807, 2.05) is 18.4 Å². The van der Waals surface area contributed by atoms with Crippen molar-refractivity contribution in [3.63, 3.8) is 0 Å². The van der Waals surface area contributed by atoms with Gasteiger partial charge in [0.05, 0.1) is 0 Å². The van der Waals surface area contributed by atoms with Crippen LogP contribution < -0.4 is 11.1 Å². The molecule has 1 unspecified atom stereocenters. The summed E-state index contributed by atoms with van der Waals surface area (Å²) in [7, 11) is 0. The Kier molecular flexibility index (Phi) is 3.58. The molecule has 1 aliphatic rings. The molecule has 1 atom stereocenters. The van der Waals surface area contributed by atoms with Gasteiger partial charge in [0, 0.05) is 31.1 Å². The normalized spacial score (nSPS) is 19.6. The van der Waals surface area contributed by atoms with E-state index in [9.17, 15) is 4.79 Å². The summed E-state index contributed by atoms with van der Waals surface area (Å²) in [5, 5.41) is 5.29. The fourth-order valence-corrected chi connectivity index (χ4v) is 3.15. The summed E-state index contributed by atoms with van der Waals surface area (Å²) in [6, 6.07) is 1.79. The third-order valence-electron chi connectivity index (χ3n) is 2.94. The van der Waals surface area contributed by atoms with Crippen molar-refractivity contribution in [2.75, 3.05) is 26.2 Å². The van der Waals surface area contributed by atoms with Crippen LogP contribution in [-0.2, 0) is 4.79 Å². The highest BCUT2D eigenvalue weighted by Crippen LogP contribution is 2.28. The first-order chi connectivity index (χ1) is 7.70. The largest absolute Gasteiger partial charge is 0.368 e. The minimum Gasteiger partial charge on any atom is -0.368 e. The number of hydrogen-bond acceptors (Lipinski definition) is 4. The first kappa shape index (κ1) is 11.6. The fraction of sp³-hybridized carbons (Fsp3) is 0.545. The van der Waals surface area contributed by atoms with Crippen LogP contribution in [-0.4, -0.2) is 37.0 Å². The summed E-state index contributed by atoms with van der Waals surface area (Å²) in [5.41, 5.74) is 6.69. The molecule has 16 heavy (non-hydrogen) atoms. The summed E-state index contributed by atoms with van der Waals surface area (Å²) < 4.78 is 0. The Morgan fingerprint density at radius 2 is 2.25 bits per heavy atom. The second kappa shape index (κ2) is 4.95. The number of nitrogens with zero attached hydrogens (tertiary/aromatic N) is 1. The number of carbonyl (C=O) groups excluding carboxylic acids is 1. The van der Waals surface area contributed by atoms with Crippen molar-refractivity contribution in [2.24, 2.45) is 5.73 Å². The predicted octanol–water partition coefficient (Wildman–Crippen LogP) is 0.488. The molecular weight excluding hydrogens is 222 g/mol. The second-order valence-electron chi connectivity index (χ2n) is 4.06. The number of nitrogens with one attached hydrogen (secondary N) is 1. The van der Waals surface area contributed by atoms with Crippen molar-refractivity contribution in [1.82, 2.24) is 10.2 Å². The molecule has 1 aromatic rings. The first-order valence-corrected chi connectivity index (χ1v) is 6.36. The zero-order valence-corrected chi connectivity index (χ0v) is 10.2. The molecule has 1 saturated heterocycles. The summed E-state index contributed by atoms with van der Waals surface area (Å²) >= 11 is 1.62. The van der Waals surface area contributed by atoms with Crippen LogP contribution in [0.3, 0.4) is 0 Å². The second-order valence-corrected chi connectivity index (χ2v) is 5.01. The number of carbonyl (C=O) groups is 1. The highest BCUT2D eigenvalue weighted by atomic mass is 32.1. The van der Waals surface area contributed by atoms with Crippen molar-refractivity contribution in [2.45, 2.75) is 13.0 Å². The Bertz CT molecular complexity index is 371. The summed E-state index contributed by atoms with van der Waals surface area (Å²) in [4.78, 5) is 14.9. The molecule has 2 heterocycles. The minimum atomic E-state index is -0.248. The molecule has 0 bridgehead atoms. The molecule has 88 valence electrons. The lowest BCUT2D eigenvalue weighted by Crippen LogP contribution is -2.48. The van der Waals surface area contributed by atoms with Crippen molar-refractivity contribution in [1.29, 1.82) is 0 Å². The number of thiophene rings is 1. The lowest BCUT2D eigenvalue weighted by Gasteiger charge is -2.32. The van der Waals surface area contributed by atoms with Crippen molar-refractivity contribution < 1.29 is 4.79 Å². The summed E-state index contributed by atoms with van der Waals surface area (Å²) in [6.45, 7) is 5.64. The zero-order chi connectivity index (χ0) is 11.5. The Morgan fingerprint density at radius 1 is 1.56 bits per heavy atom. The van der Waals surface area contributed by atoms with E-state index in [1.165, 1.54) is 0 Å². The van der Waals surface area contributed by atoms with E-state index in [2.05, 4.69) is 10.2 Å². The molecule has 0 spiro atoms. The zero-order valence-electron chi connectivity index (χ0n) is 9.40. The van der Waals surface area contributed by atoms with E-state index in [0.29, 0.717) is 0 Å². The van der Waals surface area contributed by atoms with Gasteiger partial charge in [0.2, 0.25) is 5.91 Å². The smallest absolute Gasteiger partial charge is 0.240 e. The molecule has 0 aliphatic carbocycles. The van der Waals surface area contributed by atoms with E-state index in [-0.39, 0.29) is 11.9 Å². The molecule has 1 aliphatic heterocycles. The van der Waals surface area contributed by atoms with Crippen molar-refractivity contribution in [3.05, 3.63) is 21.9 Å². The monoisotopic (exact) mass is 239 g/mol. The topological polar surface area (TPSA) is 58.4 Å². The van der Waals surface area contributed by atoms with Crippen LogP contribution in [0.15, 0.2) is 11.4 Å². The number of nitrogens with two attached hydrogens (primary N) is 1. The average Bonchev–Trinajstić information content (AvgIpc) is 2.66. The van der Waals surface area contributed by atoms with Gasteiger partial charge in [-0.25, -0.2) is 0 Å². The van der Waals surface area contributed by atoms with Crippen LogP contribution in [0.4, 0.5) is 0 Å². The molecule has 1 aromatic heterocycles. The number of primary amides is 1. The number of piperazine rings is 1. The molecule has 5 heteroatoms. The van der Waals surface area contributed by atoms with Crippen LogP contribution >= 0.6 is 11.3 Å². The van der Waals surface area contributed by atoms with E-state index in [1.54, 1.807) is 11.3 Å². The molecule has 0 saturated carbocycles. The lowest BCUT2D eigenvalue weighted by atomic mass is 10.1. The number of rotatable bonds is 3. The van der Waals surface area contributed by atoms with Gasteiger partial charge in [0.25, 0.3) is 0 Å². The first-order valence-electron chi connectivity index (χ1n) is 5.48. The molecular formula is C11H17N3OS. The van der Waals surface area contributed by atoms with E-state index in [0.717, 1.165) is 36.6 Å². The van der Waals surface area contributed by atoms with Gasteiger partial charge in [-0.1, -0.05) is 0 Å². The fourth-order valence-electron chi connectivity index (χ4n) is 2.08. The third kappa shape index (κ3) is 2.26. The Morgan fingerprint density at radius 3 is 2.75 bits per heavy atom. The average molecular weight is 239 g/mol. The Hall–Kier alpha value is -0.910. The molecule has 2 rings (SSSR count). The summed E-state index contributed by atoms with van der Waals surface area (Å²) in [6.07, 6.45) is 0. The van der Waals surface area contributed by atoms with Gasteiger partial charge in [0.15, 0.2) is 0 Å². The lowest BCUT2D eigenvalue weighted by molar-refractivity contribution is -0.123. The molecule has 0 radical (unpaired) electrons. The van der Waals surface area contributed by atoms with Gasteiger partial charge in [-0.2, -0.15) is 0 Å². The standard InChI is InChI=1S/C11H17N3OS/c1-8-2-7-16-10(8)9(11(12)15)14-5-3-13-4-6-14/h2,7,9,13H,3-6H2,1H3,(H2,12,15). The maximum atomic E-state index is 11.6. The maximum absolute atomic E-state index is 11.6. The highest BCUT2D eigenvalue weighted by Gasteiger charge is 2.28. The van der Waals surface area contributed by atoms with E-state index >= 15 is 0 Å². The molecule has 1 fully saturated rings. The minimum absolute atomic E-state index is 0.243. The van der Waals surface area contributed by atoms with Gasteiger partial charge in [-0.3, -0.25) is 9.69 Å². The number of amides is 1. The highest BCUT2D eigenvalue weighted by molar-refractivity contribution is 7.10. The molecule has 1 amide bonds. The third-order valence-corrected chi connectivity index (χ3v) is 4.01. The van der Waals surface area contributed by atoms with Crippen LogP contribution in [0.25, 0.3) is 0 Å². The van der Waals surface area contributed by atoms with Crippen molar-refractivity contribution >= 4 is 17.2 Å². The van der Waals surface area contributed by atoms with Crippen molar-refractivity contribution in [3.8, 4) is 0 Å². The number of aryl methyl sites for hydroxylation is 1. The van der Waals surface area contributed by atoms with Gasteiger partial charge in [-0.05, 0) is 23.9 Å². The van der Waals surface area contributed by atoms with Gasteiger partial charge in [-0.15, -0.1) is 11.3 Å². The predicted molar refractivity (Wildman–Crippen MR) is 65.4 cm³/mol. The Labute approximate surface area is 99.4 Å². The van der Waals surface area contributed by atoms with E-state index in [4.69, 9.17) is 5.73 Å². The SMILES string of the molecule is Cc1ccsc1C(C(N)=O)N1CCNCC1. The van der Waals surface area contributed by atoms with Gasteiger partial charge in [0.1, 0.15) is 6.04 Å². The molecule has 4 nitrogen and oxygen atoms in total. The molecule has 3 N–H and O–H groups in total. The Balaban J connectivity index is 2.23. The quantitative estimate of drug-likeness (QED) is 0.807. The van der Waals surface area contributed by atoms with E-state index < -0.39 is 0 Å². The van der Waals surface area contributed by atoms with Crippen LogP contribution in [0, 0.1) is 6.92 Å². The molecule has 0 aromatic carbocycles. The van der Waals surface area contributed by atoms with Crippen LogP contribution in [0.5, 0.6) is 0 Å². The maximum Gasteiger partial charge on any atom is 0.240 e. The van der Waals surface area contributed by atoms with Gasteiger partial charge >= 0.3 is 0 Å². The van der Waals surface area contributed by atoms with Crippen LogP contribution in [0.2, 0.25) is 0 Å². The number of hydrogen-bond donors (Lipinski definition) is 2.